The number of hydrogen-bond acceptors (Lipinski definition) is 4. The minimum Gasteiger partial charge on any atom is -0.427 e. The summed E-state index contributed by atoms with van der Waals surface area (Å²) in [5, 5.41) is 0. The summed E-state index contributed by atoms with van der Waals surface area (Å²) in [4.78, 5) is 10.7. The second-order valence-corrected chi connectivity index (χ2v) is 4.86. The van der Waals surface area contributed by atoms with E-state index < -0.39 is 21.8 Å². The zero-order chi connectivity index (χ0) is 12.3. The van der Waals surface area contributed by atoms with Crippen LogP contribution in [-0.4, -0.2) is 18.9 Å². The van der Waals surface area contributed by atoms with E-state index in [1.807, 2.05) is 0 Å². The molecule has 0 saturated carbocycles. The van der Waals surface area contributed by atoms with Gasteiger partial charge in [0, 0.05) is 6.92 Å². The molecule has 0 heterocycles. The van der Waals surface area contributed by atoms with E-state index in [0.29, 0.717) is 11.1 Å². The van der Waals surface area contributed by atoms with Crippen molar-refractivity contribution in [2.45, 2.75) is 19.6 Å². The van der Waals surface area contributed by atoms with E-state index in [1.165, 1.54) is 13.0 Å². The Labute approximate surface area is 93.8 Å². The number of rotatable bonds is 3. The molecule has 16 heavy (non-hydrogen) atoms. The van der Waals surface area contributed by atoms with Gasteiger partial charge in [-0.25, -0.2) is 0 Å². The van der Waals surface area contributed by atoms with Gasteiger partial charge in [-0.1, -0.05) is 6.07 Å². The quantitative estimate of drug-likeness (QED) is 0.492. The summed E-state index contributed by atoms with van der Waals surface area (Å²) in [5.41, 5.74) is 1.11. The van der Waals surface area contributed by atoms with Crippen LogP contribution in [0.3, 0.4) is 0 Å². The Morgan fingerprint density at radius 1 is 1.44 bits per heavy atom. The molecular weight excluding hydrogens is 232 g/mol. The second-order valence-electron chi connectivity index (χ2n) is 3.41. The fourth-order valence-corrected chi connectivity index (χ4v) is 1.93. The highest BCUT2D eigenvalue weighted by Gasteiger charge is 2.10. The number of esters is 1. The number of hydrogen-bond donors (Lipinski definition) is 1. The number of carbonyl (C=O) groups is 1. The first kappa shape index (κ1) is 12.7. The van der Waals surface area contributed by atoms with Crippen molar-refractivity contribution < 1.29 is 22.5 Å². The first-order valence-corrected chi connectivity index (χ1v) is 6.12. The second kappa shape index (κ2) is 4.63. The lowest BCUT2D eigenvalue weighted by Crippen LogP contribution is -2.05. The van der Waals surface area contributed by atoms with Gasteiger partial charge in [0.2, 0.25) is 0 Å². The smallest absolute Gasteiger partial charge is 0.308 e. The Morgan fingerprint density at radius 2 is 2.06 bits per heavy atom. The van der Waals surface area contributed by atoms with Gasteiger partial charge in [0.15, 0.2) is 0 Å². The first-order chi connectivity index (χ1) is 7.28. The third kappa shape index (κ3) is 4.00. The summed E-state index contributed by atoms with van der Waals surface area (Å²) in [5.74, 6) is -0.716. The maximum atomic E-state index is 10.7. The van der Waals surface area contributed by atoms with E-state index in [4.69, 9.17) is 9.29 Å². The average Bonchev–Trinajstić information content (AvgIpc) is 2.07. The molecule has 1 aromatic carbocycles. The Balaban J connectivity index is 3.04. The highest BCUT2D eigenvalue weighted by Crippen LogP contribution is 2.19. The summed E-state index contributed by atoms with van der Waals surface area (Å²) in [6.07, 6.45) is 0. The average molecular weight is 244 g/mol. The summed E-state index contributed by atoms with van der Waals surface area (Å²) in [7, 11) is -4.09. The zero-order valence-corrected chi connectivity index (χ0v) is 9.74. The van der Waals surface area contributed by atoms with Gasteiger partial charge in [-0.05, 0) is 30.2 Å². The van der Waals surface area contributed by atoms with Gasteiger partial charge in [-0.2, -0.15) is 8.42 Å². The molecule has 0 fully saturated rings. The minimum absolute atomic E-state index is 0.261. The van der Waals surface area contributed by atoms with Crippen LogP contribution in [0.15, 0.2) is 18.2 Å². The standard InChI is InChI=1S/C10H12O5S/c1-7-3-4-10(15-8(2)11)5-9(7)6-16(12,13)14/h3-5H,6H2,1-2H3,(H,12,13,14). The molecule has 0 spiro atoms. The van der Waals surface area contributed by atoms with Crippen LogP contribution in [0.5, 0.6) is 5.75 Å². The van der Waals surface area contributed by atoms with Gasteiger partial charge >= 0.3 is 5.97 Å². The molecule has 0 unspecified atom stereocenters. The van der Waals surface area contributed by atoms with Crippen molar-refractivity contribution in [1.29, 1.82) is 0 Å². The van der Waals surface area contributed by atoms with E-state index in [0.717, 1.165) is 0 Å². The van der Waals surface area contributed by atoms with Gasteiger partial charge in [-0.15, -0.1) is 0 Å². The van der Waals surface area contributed by atoms with Crippen LogP contribution in [-0.2, 0) is 20.7 Å². The molecule has 1 N–H and O–H groups in total. The number of aryl methyl sites for hydroxylation is 1. The summed E-state index contributed by atoms with van der Waals surface area (Å²) in [6.45, 7) is 2.96. The molecule has 0 bridgehead atoms. The summed E-state index contributed by atoms with van der Waals surface area (Å²) >= 11 is 0. The third-order valence-electron chi connectivity index (χ3n) is 1.92. The summed E-state index contributed by atoms with van der Waals surface area (Å²) < 4.78 is 35.0. The summed E-state index contributed by atoms with van der Waals surface area (Å²) in [6, 6.07) is 4.60. The predicted molar refractivity (Wildman–Crippen MR) is 57.7 cm³/mol. The lowest BCUT2D eigenvalue weighted by atomic mass is 10.1. The van der Waals surface area contributed by atoms with E-state index >= 15 is 0 Å². The molecular formula is C10H12O5S. The van der Waals surface area contributed by atoms with Crippen LogP contribution < -0.4 is 4.74 Å². The fraction of sp³-hybridized carbons (Fsp3) is 0.300. The fourth-order valence-electron chi connectivity index (χ4n) is 1.23. The van der Waals surface area contributed by atoms with Crippen molar-refractivity contribution in [1.82, 2.24) is 0 Å². The molecule has 0 aliphatic carbocycles. The highest BCUT2D eigenvalue weighted by atomic mass is 32.2. The van der Waals surface area contributed by atoms with Gasteiger partial charge in [-0.3, -0.25) is 9.35 Å². The van der Waals surface area contributed by atoms with Crippen LogP contribution in [0.1, 0.15) is 18.1 Å². The number of ether oxygens (including phenoxy) is 1. The lowest BCUT2D eigenvalue weighted by Gasteiger charge is -2.07. The van der Waals surface area contributed by atoms with E-state index in [9.17, 15) is 13.2 Å². The monoisotopic (exact) mass is 244 g/mol. The first-order valence-electron chi connectivity index (χ1n) is 4.51. The normalized spacial score (nSPS) is 11.2. The molecule has 1 rings (SSSR count). The Kier molecular flexibility index (Phi) is 3.66. The van der Waals surface area contributed by atoms with Gasteiger partial charge in [0.25, 0.3) is 10.1 Å². The van der Waals surface area contributed by atoms with Crippen LogP contribution in [0.2, 0.25) is 0 Å². The van der Waals surface area contributed by atoms with Crippen molar-refractivity contribution in [3.63, 3.8) is 0 Å². The van der Waals surface area contributed by atoms with Crippen molar-refractivity contribution in [3.05, 3.63) is 29.3 Å². The van der Waals surface area contributed by atoms with Crippen molar-refractivity contribution in [2.24, 2.45) is 0 Å². The molecule has 0 radical (unpaired) electrons. The minimum atomic E-state index is -4.09. The van der Waals surface area contributed by atoms with Crippen LogP contribution in [0.4, 0.5) is 0 Å². The predicted octanol–water partition coefficient (Wildman–Crippen LogP) is 1.31. The molecule has 0 amide bonds. The molecule has 0 saturated heterocycles. The Hall–Kier alpha value is -1.40. The lowest BCUT2D eigenvalue weighted by molar-refractivity contribution is -0.131. The van der Waals surface area contributed by atoms with Crippen molar-refractivity contribution in [3.8, 4) is 5.75 Å². The van der Waals surface area contributed by atoms with Crippen molar-refractivity contribution in [2.75, 3.05) is 0 Å². The van der Waals surface area contributed by atoms with Gasteiger partial charge in [0.05, 0.1) is 0 Å². The maximum absolute atomic E-state index is 10.7. The number of benzene rings is 1. The zero-order valence-electron chi connectivity index (χ0n) is 8.93. The number of carbonyl (C=O) groups excluding carboxylic acids is 1. The van der Waals surface area contributed by atoms with Crippen LogP contribution in [0, 0.1) is 6.92 Å². The molecule has 1 aromatic rings. The molecule has 6 heteroatoms. The SMILES string of the molecule is CC(=O)Oc1ccc(C)c(CS(=O)(=O)O)c1. The van der Waals surface area contributed by atoms with Crippen molar-refractivity contribution >= 4 is 16.1 Å². The van der Waals surface area contributed by atoms with E-state index in [2.05, 4.69) is 0 Å². The molecule has 88 valence electrons. The molecule has 0 aliphatic rings. The maximum Gasteiger partial charge on any atom is 0.308 e. The highest BCUT2D eigenvalue weighted by molar-refractivity contribution is 7.85. The van der Waals surface area contributed by atoms with Gasteiger partial charge < -0.3 is 4.74 Å². The molecule has 0 aliphatic heterocycles. The Bertz CT molecular complexity index is 504. The van der Waals surface area contributed by atoms with Gasteiger partial charge in [0.1, 0.15) is 11.5 Å². The Morgan fingerprint density at radius 3 is 2.56 bits per heavy atom. The molecule has 0 aromatic heterocycles. The van der Waals surface area contributed by atoms with Crippen LogP contribution in [0.25, 0.3) is 0 Å². The largest absolute Gasteiger partial charge is 0.427 e. The van der Waals surface area contributed by atoms with E-state index in [-0.39, 0.29) is 5.75 Å². The third-order valence-corrected chi connectivity index (χ3v) is 2.60. The topological polar surface area (TPSA) is 80.7 Å². The van der Waals surface area contributed by atoms with Crippen LogP contribution >= 0.6 is 0 Å². The molecule has 5 nitrogen and oxygen atoms in total. The van der Waals surface area contributed by atoms with E-state index in [1.54, 1.807) is 19.1 Å². The molecule has 0 atom stereocenters.